The molecule has 34 heavy (non-hydrogen) atoms. The Kier molecular flexibility index (Phi) is 6.46. The van der Waals surface area contributed by atoms with Crippen molar-refractivity contribution in [2.24, 2.45) is 12.1 Å². The maximum atomic E-state index is 12.6. The van der Waals surface area contributed by atoms with Crippen LogP contribution in [0.3, 0.4) is 0 Å². The molecule has 2 aromatic carbocycles. The highest BCUT2D eigenvalue weighted by Gasteiger charge is 2.20. The first-order valence-corrected chi connectivity index (χ1v) is 10.5. The maximum Gasteiger partial charge on any atom is 0.329 e. The van der Waals surface area contributed by atoms with E-state index in [1.807, 2.05) is 19.1 Å². The average molecular weight is 464 g/mol. The number of aromatic nitrogens is 4. The van der Waals surface area contributed by atoms with Crippen molar-refractivity contribution in [2.45, 2.75) is 19.6 Å². The smallest absolute Gasteiger partial charge is 0.329 e. The number of aryl methyl sites for hydroxylation is 2. The summed E-state index contributed by atoms with van der Waals surface area (Å²) in [6.45, 7) is 1.87. The molecule has 2 aromatic heterocycles. The Morgan fingerprint density at radius 2 is 1.94 bits per heavy atom. The highest BCUT2D eigenvalue weighted by atomic mass is 16.5. The number of phenolic OH excluding ortho intramolecular Hbond substituents is 1. The van der Waals surface area contributed by atoms with Crippen LogP contribution in [0.25, 0.3) is 11.2 Å². The minimum absolute atomic E-state index is 0.0347. The van der Waals surface area contributed by atoms with Gasteiger partial charge in [-0.25, -0.2) is 10.2 Å². The van der Waals surface area contributed by atoms with Gasteiger partial charge in [-0.05, 0) is 31.2 Å². The number of benzene rings is 2. The molecule has 11 heteroatoms. The van der Waals surface area contributed by atoms with Crippen LogP contribution in [-0.4, -0.2) is 48.2 Å². The second-order valence-corrected chi connectivity index (χ2v) is 7.74. The van der Waals surface area contributed by atoms with E-state index >= 15 is 0 Å². The third-order valence-electron chi connectivity index (χ3n) is 5.17. The van der Waals surface area contributed by atoms with Crippen LogP contribution in [0.4, 0.5) is 5.95 Å². The molecular formula is C23H24N6O5. The molecule has 176 valence electrons. The van der Waals surface area contributed by atoms with Gasteiger partial charge in [0.15, 0.2) is 11.2 Å². The van der Waals surface area contributed by atoms with Crippen LogP contribution in [0.2, 0.25) is 0 Å². The fourth-order valence-corrected chi connectivity index (χ4v) is 3.34. The van der Waals surface area contributed by atoms with Crippen molar-refractivity contribution in [1.82, 2.24) is 19.1 Å². The Morgan fingerprint density at radius 3 is 2.68 bits per heavy atom. The van der Waals surface area contributed by atoms with Gasteiger partial charge in [0.25, 0.3) is 5.56 Å². The summed E-state index contributed by atoms with van der Waals surface area (Å²) in [5.74, 6) is 0.776. The van der Waals surface area contributed by atoms with Crippen LogP contribution in [0, 0.1) is 6.92 Å². The number of phenols is 1. The molecule has 0 bridgehead atoms. The number of aromatic hydroxyl groups is 1. The lowest BCUT2D eigenvalue weighted by Crippen LogP contribution is -2.30. The Morgan fingerprint density at radius 1 is 1.21 bits per heavy atom. The number of aromatic amines is 1. The number of nitrogens with one attached hydrogen (secondary N) is 2. The fraction of sp³-hybridized carbons (Fsp3) is 0.217. The van der Waals surface area contributed by atoms with Gasteiger partial charge >= 0.3 is 5.69 Å². The van der Waals surface area contributed by atoms with E-state index in [-0.39, 0.29) is 36.0 Å². The molecule has 0 aliphatic rings. The summed E-state index contributed by atoms with van der Waals surface area (Å²) in [6, 6.07) is 14.0. The van der Waals surface area contributed by atoms with Gasteiger partial charge in [0, 0.05) is 12.6 Å². The number of hydrogen-bond acceptors (Lipinski definition) is 8. The molecule has 0 amide bonds. The number of aliphatic hydroxyl groups is 1. The average Bonchev–Trinajstić information content (AvgIpc) is 3.17. The van der Waals surface area contributed by atoms with E-state index in [9.17, 15) is 19.8 Å². The zero-order valence-electron chi connectivity index (χ0n) is 18.6. The van der Waals surface area contributed by atoms with Gasteiger partial charge in [-0.3, -0.25) is 14.3 Å². The molecule has 1 atom stereocenters. The molecule has 0 radical (unpaired) electrons. The van der Waals surface area contributed by atoms with Crippen molar-refractivity contribution in [3.8, 4) is 11.5 Å². The standard InChI is InChI=1S/C23H24N6O5/c1-14-7-9-17(10-8-14)34-13-16(30)12-29-19-20(28(2)23(33)26-21(19)32)25-22(29)27-24-11-15-5-3-4-6-18(15)31/h3-11,16,30-31H,12-13H2,1-2H3,(H,25,27)(H,26,32,33)/b24-11+. The SMILES string of the molecule is Cc1ccc(OCC(O)Cn2c(N/N=C/c3ccccc3O)nc3c2c(=O)[nH]c(=O)n3C)cc1. The number of rotatable bonds is 8. The monoisotopic (exact) mass is 464 g/mol. The number of nitrogens with zero attached hydrogens (tertiary/aromatic N) is 4. The summed E-state index contributed by atoms with van der Waals surface area (Å²) in [5, 5.41) is 24.6. The van der Waals surface area contributed by atoms with E-state index in [1.165, 1.54) is 28.5 Å². The number of aliphatic hydroxyl groups excluding tert-OH is 1. The number of H-pyrrole nitrogens is 1. The summed E-state index contributed by atoms with van der Waals surface area (Å²) in [6.07, 6.45) is 0.386. The maximum absolute atomic E-state index is 12.6. The molecule has 0 saturated carbocycles. The molecular weight excluding hydrogens is 440 g/mol. The number of fused-ring (bicyclic) bond motifs is 1. The highest BCUT2D eigenvalue weighted by Crippen LogP contribution is 2.18. The molecule has 4 N–H and O–H groups in total. The summed E-state index contributed by atoms with van der Waals surface area (Å²) >= 11 is 0. The normalized spacial score (nSPS) is 12.3. The van der Waals surface area contributed by atoms with Crippen molar-refractivity contribution in [3.63, 3.8) is 0 Å². The minimum atomic E-state index is -1.00. The second kappa shape index (κ2) is 9.63. The van der Waals surface area contributed by atoms with Crippen LogP contribution in [0.5, 0.6) is 11.5 Å². The van der Waals surface area contributed by atoms with E-state index in [0.29, 0.717) is 11.3 Å². The molecule has 4 aromatic rings. The lowest BCUT2D eigenvalue weighted by Gasteiger charge is -2.15. The number of imidazole rings is 1. The van der Waals surface area contributed by atoms with Gasteiger partial charge in [0.2, 0.25) is 5.95 Å². The van der Waals surface area contributed by atoms with Crippen molar-refractivity contribution in [2.75, 3.05) is 12.0 Å². The van der Waals surface area contributed by atoms with Gasteiger partial charge < -0.3 is 19.5 Å². The Balaban J connectivity index is 1.62. The summed E-state index contributed by atoms with van der Waals surface area (Å²) in [5.41, 5.74) is 3.24. The summed E-state index contributed by atoms with van der Waals surface area (Å²) < 4.78 is 8.27. The number of ether oxygens (including phenoxy) is 1. The molecule has 0 aliphatic heterocycles. The van der Waals surface area contributed by atoms with Gasteiger partial charge in [-0.15, -0.1) is 0 Å². The van der Waals surface area contributed by atoms with Crippen molar-refractivity contribution < 1.29 is 14.9 Å². The predicted octanol–water partition coefficient (Wildman–Crippen LogP) is 1.32. The number of anilines is 1. The van der Waals surface area contributed by atoms with Gasteiger partial charge in [0.1, 0.15) is 24.2 Å². The largest absolute Gasteiger partial charge is 0.507 e. The van der Waals surface area contributed by atoms with Gasteiger partial charge in [-0.2, -0.15) is 10.1 Å². The third-order valence-corrected chi connectivity index (χ3v) is 5.17. The molecule has 11 nitrogen and oxygen atoms in total. The lowest BCUT2D eigenvalue weighted by molar-refractivity contribution is 0.0938. The fourth-order valence-electron chi connectivity index (χ4n) is 3.34. The molecule has 4 rings (SSSR count). The summed E-state index contributed by atoms with van der Waals surface area (Å²) in [7, 11) is 1.48. The van der Waals surface area contributed by atoms with Crippen molar-refractivity contribution in [1.29, 1.82) is 0 Å². The first kappa shape index (κ1) is 22.8. The van der Waals surface area contributed by atoms with Crippen LogP contribution >= 0.6 is 0 Å². The van der Waals surface area contributed by atoms with E-state index in [1.54, 1.807) is 30.3 Å². The Bertz CT molecular complexity index is 1450. The minimum Gasteiger partial charge on any atom is -0.507 e. The van der Waals surface area contributed by atoms with Crippen LogP contribution in [0.1, 0.15) is 11.1 Å². The van der Waals surface area contributed by atoms with Crippen LogP contribution < -0.4 is 21.4 Å². The molecule has 1 unspecified atom stereocenters. The van der Waals surface area contributed by atoms with E-state index < -0.39 is 17.4 Å². The molecule has 0 spiro atoms. The quantitative estimate of drug-likeness (QED) is 0.227. The molecule has 2 heterocycles. The molecule has 0 aliphatic carbocycles. The van der Waals surface area contributed by atoms with Crippen LogP contribution in [-0.2, 0) is 13.6 Å². The van der Waals surface area contributed by atoms with Crippen molar-refractivity contribution in [3.05, 3.63) is 80.5 Å². The zero-order chi connectivity index (χ0) is 24.2. The van der Waals surface area contributed by atoms with Crippen molar-refractivity contribution >= 4 is 23.3 Å². The molecule has 0 fully saturated rings. The van der Waals surface area contributed by atoms with E-state index in [4.69, 9.17) is 4.74 Å². The first-order valence-electron chi connectivity index (χ1n) is 10.5. The molecule has 0 saturated heterocycles. The third kappa shape index (κ3) is 4.84. The number of hydrazone groups is 1. The number of para-hydroxylation sites is 1. The van der Waals surface area contributed by atoms with E-state index in [0.717, 1.165) is 5.56 Å². The zero-order valence-corrected chi connectivity index (χ0v) is 18.6. The summed E-state index contributed by atoms with van der Waals surface area (Å²) in [4.78, 5) is 31.2. The highest BCUT2D eigenvalue weighted by molar-refractivity contribution is 5.83. The van der Waals surface area contributed by atoms with Gasteiger partial charge in [0.05, 0.1) is 12.8 Å². The Labute approximate surface area is 193 Å². The topological polar surface area (TPSA) is 147 Å². The second-order valence-electron chi connectivity index (χ2n) is 7.74. The van der Waals surface area contributed by atoms with Gasteiger partial charge in [-0.1, -0.05) is 29.8 Å². The predicted molar refractivity (Wildman–Crippen MR) is 128 cm³/mol. The van der Waals surface area contributed by atoms with E-state index in [2.05, 4.69) is 20.5 Å². The Hall–Kier alpha value is -4.38. The van der Waals surface area contributed by atoms with Crippen LogP contribution in [0.15, 0.2) is 63.2 Å². The first-order chi connectivity index (χ1) is 16.3. The lowest BCUT2D eigenvalue weighted by atomic mass is 10.2. The number of hydrogen-bond donors (Lipinski definition) is 4.